The van der Waals surface area contributed by atoms with Gasteiger partial charge in [0.1, 0.15) is 4.83 Å². The summed E-state index contributed by atoms with van der Waals surface area (Å²) in [5.74, 6) is 0.189. The van der Waals surface area contributed by atoms with Crippen molar-refractivity contribution in [3.05, 3.63) is 58.6 Å². The number of carbonyl (C=O) groups excluding carboxylic acids is 1. The molecule has 1 aliphatic carbocycles. The number of alkyl halides is 6. The van der Waals surface area contributed by atoms with Crippen molar-refractivity contribution in [2.75, 3.05) is 31.1 Å². The number of fused-ring (bicyclic) bond motifs is 4. The minimum Gasteiger partial charge on any atom is -0.372 e. The van der Waals surface area contributed by atoms with Crippen LogP contribution in [0.1, 0.15) is 35.3 Å². The first-order valence-electron chi connectivity index (χ1n) is 14.4. The number of aromatic nitrogens is 1. The smallest absolute Gasteiger partial charge is 0.372 e. The number of carbonyl (C=O) groups is 1. The van der Waals surface area contributed by atoms with Crippen LogP contribution in [0.25, 0.3) is 10.2 Å². The van der Waals surface area contributed by atoms with Gasteiger partial charge >= 0.3 is 12.4 Å². The zero-order valence-corrected chi connectivity index (χ0v) is 23.9. The average Bonchev–Trinajstić information content (AvgIpc) is 3.31. The first-order valence-corrected chi connectivity index (χ1v) is 15.2. The van der Waals surface area contributed by atoms with Crippen LogP contribution in [0.3, 0.4) is 0 Å². The van der Waals surface area contributed by atoms with Gasteiger partial charge in [0.05, 0.1) is 36.4 Å². The molecule has 1 N–H and O–H groups in total. The average molecular weight is 625 g/mol. The Morgan fingerprint density at radius 1 is 1.07 bits per heavy atom. The van der Waals surface area contributed by atoms with Gasteiger partial charge in [-0.2, -0.15) is 26.3 Å². The number of anilines is 1. The predicted molar refractivity (Wildman–Crippen MR) is 149 cm³/mol. The van der Waals surface area contributed by atoms with E-state index in [1.807, 2.05) is 30.3 Å². The molecule has 4 atom stereocenters. The second-order valence-electron chi connectivity index (χ2n) is 12.5. The van der Waals surface area contributed by atoms with Crippen molar-refractivity contribution in [2.45, 2.75) is 62.8 Å². The first-order chi connectivity index (χ1) is 20.4. The van der Waals surface area contributed by atoms with Gasteiger partial charge in [-0.1, -0.05) is 30.3 Å². The van der Waals surface area contributed by atoms with E-state index in [1.165, 1.54) is 6.07 Å². The lowest BCUT2D eigenvalue weighted by Crippen LogP contribution is -2.75. The molecule has 4 saturated heterocycles. The SMILES string of the molecule is O=C([C@H]1N[C@H]2CC[C@@H]1C[C@@H]2OCc1ccccc1)N1CC2(C1)CN(c1c(C(F)(F)F)cnc3sc(CC(F)(F)F)cc13)C2. The number of benzene rings is 1. The quantitative estimate of drug-likeness (QED) is 0.352. The summed E-state index contributed by atoms with van der Waals surface area (Å²) >= 11 is 0.763. The summed E-state index contributed by atoms with van der Waals surface area (Å²) < 4.78 is 87.0. The van der Waals surface area contributed by atoms with Crippen molar-refractivity contribution in [1.82, 2.24) is 15.2 Å². The standard InChI is InChI=1S/C30H30F6N4O2S/c31-29(32,33)10-19-9-20-25(21(30(34,35)36)11-37-26(20)43-19)39-13-28(14-39)15-40(16-28)27(41)24-18-6-7-22(38-24)23(8-18)42-12-17-4-2-1-3-5-17/h1-5,9,11,18,22-24,38H,6-8,10,12-16H2/t18-,22+,23+,24+/m1/s1. The Balaban J connectivity index is 0.991. The summed E-state index contributed by atoms with van der Waals surface area (Å²) in [7, 11) is 0. The van der Waals surface area contributed by atoms with Gasteiger partial charge in [0, 0.05) is 54.1 Å². The van der Waals surface area contributed by atoms with Crippen molar-refractivity contribution >= 4 is 33.1 Å². The molecule has 6 nitrogen and oxygen atoms in total. The molecule has 230 valence electrons. The van der Waals surface area contributed by atoms with Crippen LogP contribution in [0.15, 0.2) is 42.6 Å². The number of hydrogen-bond acceptors (Lipinski definition) is 6. The summed E-state index contributed by atoms with van der Waals surface area (Å²) in [4.78, 5) is 20.8. The maximum Gasteiger partial charge on any atom is 0.419 e. The molecule has 1 amide bonds. The van der Waals surface area contributed by atoms with Gasteiger partial charge in [0.25, 0.3) is 0 Å². The Bertz CT molecular complexity index is 1510. The highest BCUT2D eigenvalue weighted by atomic mass is 32.1. The van der Waals surface area contributed by atoms with Crippen LogP contribution in [0.5, 0.6) is 0 Å². The zero-order valence-electron chi connectivity index (χ0n) is 23.0. The third-order valence-electron chi connectivity index (χ3n) is 9.27. The second-order valence-corrected chi connectivity index (χ2v) is 13.6. The highest BCUT2D eigenvalue weighted by Crippen LogP contribution is 2.49. The normalized spacial score (nSPS) is 26.6. The van der Waals surface area contributed by atoms with E-state index in [1.54, 1.807) is 9.80 Å². The van der Waals surface area contributed by atoms with E-state index >= 15 is 0 Å². The number of halogens is 6. The van der Waals surface area contributed by atoms with Crippen molar-refractivity contribution in [3.63, 3.8) is 0 Å². The molecule has 5 aliphatic rings. The fourth-order valence-electron chi connectivity index (χ4n) is 7.35. The van der Waals surface area contributed by atoms with Crippen LogP contribution in [0.2, 0.25) is 0 Å². The van der Waals surface area contributed by atoms with Gasteiger partial charge < -0.3 is 19.9 Å². The number of rotatable bonds is 6. The first kappa shape index (κ1) is 28.8. The third-order valence-corrected chi connectivity index (χ3v) is 10.3. The van der Waals surface area contributed by atoms with Crippen LogP contribution in [-0.2, 0) is 28.7 Å². The molecule has 3 aromatic rings. The van der Waals surface area contributed by atoms with Gasteiger partial charge in [-0.25, -0.2) is 4.98 Å². The number of pyridine rings is 1. The van der Waals surface area contributed by atoms with E-state index in [-0.39, 0.29) is 56.2 Å². The molecular formula is C30H30F6N4O2S. The molecule has 43 heavy (non-hydrogen) atoms. The molecule has 1 aromatic carbocycles. The Labute approximate surface area is 248 Å². The highest BCUT2D eigenvalue weighted by molar-refractivity contribution is 7.18. The largest absolute Gasteiger partial charge is 0.419 e. The topological polar surface area (TPSA) is 57.7 Å². The maximum atomic E-state index is 14.0. The Morgan fingerprint density at radius 3 is 2.47 bits per heavy atom. The van der Waals surface area contributed by atoms with E-state index in [2.05, 4.69) is 10.3 Å². The molecule has 8 rings (SSSR count). The Morgan fingerprint density at radius 2 is 1.81 bits per heavy atom. The molecule has 1 spiro atoms. The van der Waals surface area contributed by atoms with E-state index in [4.69, 9.17) is 4.74 Å². The molecular weight excluding hydrogens is 594 g/mol. The highest BCUT2D eigenvalue weighted by Gasteiger charge is 2.57. The molecule has 13 heteroatoms. The Hall–Kier alpha value is -2.90. The molecule has 5 fully saturated rings. The lowest BCUT2D eigenvalue weighted by molar-refractivity contribution is -0.154. The molecule has 2 bridgehead atoms. The van der Waals surface area contributed by atoms with Crippen LogP contribution in [0, 0.1) is 11.3 Å². The number of ether oxygens (including phenoxy) is 1. The predicted octanol–water partition coefficient (Wildman–Crippen LogP) is 5.79. The Kier molecular flexibility index (Phi) is 6.93. The molecule has 2 aromatic heterocycles. The van der Waals surface area contributed by atoms with Crippen molar-refractivity contribution in [2.24, 2.45) is 11.3 Å². The molecule has 6 heterocycles. The van der Waals surface area contributed by atoms with Crippen LogP contribution in [-0.4, -0.2) is 66.3 Å². The van der Waals surface area contributed by atoms with Crippen molar-refractivity contribution in [1.29, 1.82) is 0 Å². The zero-order chi connectivity index (χ0) is 30.1. The fraction of sp³-hybridized carbons (Fsp3) is 0.533. The van der Waals surface area contributed by atoms with Crippen LogP contribution in [0.4, 0.5) is 32.0 Å². The fourth-order valence-corrected chi connectivity index (χ4v) is 8.38. The van der Waals surface area contributed by atoms with Crippen LogP contribution >= 0.6 is 11.3 Å². The number of nitrogens with one attached hydrogen (secondary N) is 1. The lowest BCUT2D eigenvalue weighted by Gasteiger charge is -2.62. The van der Waals surface area contributed by atoms with Crippen molar-refractivity contribution in [3.8, 4) is 0 Å². The van der Waals surface area contributed by atoms with Gasteiger partial charge in [-0.05, 0) is 36.8 Å². The van der Waals surface area contributed by atoms with E-state index < -0.39 is 24.3 Å². The monoisotopic (exact) mass is 624 g/mol. The van der Waals surface area contributed by atoms with E-state index in [0.717, 1.165) is 36.2 Å². The summed E-state index contributed by atoms with van der Waals surface area (Å²) in [5.41, 5.74) is -0.295. The molecule has 1 saturated carbocycles. The molecule has 0 radical (unpaired) electrons. The molecule has 0 unspecified atom stereocenters. The summed E-state index contributed by atoms with van der Waals surface area (Å²) in [6.45, 7) is 2.01. The number of likely N-dealkylation sites (tertiary alicyclic amines) is 1. The summed E-state index contributed by atoms with van der Waals surface area (Å²) in [6, 6.07) is 10.9. The van der Waals surface area contributed by atoms with Gasteiger partial charge in [-0.3, -0.25) is 4.79 Å². The minimum absolute atomic E-state index is 0.0252. The number of hydrogen-bond donors (Lipinski definition) is 1. The number of amides is 1. The third kappa shape index (κ3) is 5.48. The van der Waals surface area contributed by atoms with Gasteiger partial charge in [0.15, 0.2) is 0 Å². The summed E-state index contributed by atoms with van der Waals surface area (Å²) in [6.07, 6.45) is -6.94. The number of thiophene rings is 1. The van der Waals surface area contributed by atoms with Crippen LogP contribution < -0.4 is 10.2 Å². The minimum atomic E-state index is -4.71. The number of nitrogens with zero attached hydrogens (tertiary/aromatic N) is 3. The van der Waals surface area contributed by atoms with Gasteiger partial charge in [0.2, 0.25) is 5.91 Å². The number of piperidine rings is 2. The maximum absolute atomic E-state index is 14.0. The summed E-state index contributed by atoms with van der Waals surface area (Å²) in [5, 5.41) is 3.60. The van der Waals surface area contributed by atoms with Crippen molar-refractivity contribution < 1.29 is 35.9 Å². The lowest BCUT2D eigenvalue weighted by atomic mass is 9.70. The van der Waals surface area contributed by atoms with E-state index in [9.17, 15) is 31.1 Å². The van der Waals surface area contributed by atoms with E-state index in [0.29, 0.717) is 39.0 Å². The molecule has 4 aliphatic heterocycles. The second kappa shape index (κ2) is 10.3. The van der Waals surface area contributed by atoms with Gasteiger partial charge in [-0.15, -0.1) is 11.3 Å².